The molecule has 0 unspecified atom stereocenters. The third-order valence-electron chi connectivity index (χ3n) is 3.79. The van der Waals surface area contributed by atoms with Gasteiger partial charge in [0.1, 0.15) is 12.1 Å². The van der Waals surface area contributed by atoms with Crippen molar-refractivity contribution in [3.8, 4) is 0 Å². The molecule has 130 valence electrons. The van der Waals surface area contributed by atoms with Crippen LogP contribution in [-0.2, 0) is 13.1 Å². The molecule has 2 heterocycles. The SMILES string of the molecule is CCn1ncc(C(=O)Nc2ncn(Cc3c(F)cccc3Cl)n2)c1C. The fourth-order valence-electron chi connectivity index (χ4n) is 2.43. The lowest BCUT2D eigenvalue weighted by molar-refractivity contribution is 0.102. The van der Waals surface area contributed by atoms with Gasteiger partial charge in [-0.1, -0.05) is 17.7 Å². The van der Waals surface area contributed by atoms with Gasteiger partial charge in [-0.2, -0.15) is 5.10 Å². The van der Waals surface area contributed by atoms with E-state index in [-0.39, 0.29) is 18.4 Å². The number of amides is 1. The van der Waals surface area contributed by atoms with Gasteiger partial charge in [-0.3, -0.25) is 14.8 Å². The number of hydrogen-bond donors (Lipinski definition) is 1. The molecule has 0 radical (unpaired) electrons. The van der Waals surface area contributed by atoms with Crippen LogP contribution >= 0.6 is 11.6 Å². The highest BCUT2D eigenvalue weighted by Gasteiger charge is 2.16. The first kappa shape index (κ1) is 17.1. The Morgan fingerprint density at radius 1 is 1.40 bits per heavy atom. The number of aryl methyl sites for hydroxylation is 1. The molecule has 0 aliphatic heterocycles. The molecule has 0 bridgehead atoms. The third-order valence-corrected chi connectivity index (χ3v) is 4.15. The fraction of sp³-hybridized carbons (Fsp3) is 0.250. The van der Waals surface area contributed by atoms with Gasteiger partial charge in [-0.05, 0) is 26.0 Å². The number of carbonyl (C=O) groups is 1. The van der Waals surface area contributed by atoms with E-state index in [1.807, 2.05) is 13.8 Å². The molecule has 1 amide bonds. The second kappa shape index (κ2) is 7.02. The zero-order valence-corrected chi connectivity index (χ0v) is 14.5. The van der Waals surface area contributed by atoms with Crippen LogP contribution in [0.15, 0.2) is 30.7 Å². The van der Waals surface area contributed by atoms with Gasteiger partial charge in [-0.15, -0.1) is 5.10 Å². The van der Waals surface area contributed by atoms with Gasteiger partial charge in [-0.25, -0.2) is 14.1 Å². The van der Waals surface area contributed by atoms with Crippen molar-refractivity contribution in [2.75, 3.05) is 5.32 Å². The molecule has 1 N–H and O–H groups in total. The zero-order valence-electron chi connectivity index (χ0n) is 13.7. The van der Waals surface area contributed by atoms with Crippen LogP contribution in [0.5, 0.6) is 0 Å². The molecular weight excluding hydrogens is 347 g/mol. The maximum Gasteiger partial charge on any atom is 0.261 e. The van der Waals surface area contributed by atoms with Gasteiger partial charge in [0.25, 0.3) is 5.91 Å². The number of benzene rings is 1. The number of anilines is 1. The zero-order chi connectivity index (χ0) is 18.0. The van der Waals surface area contributed by atoms with E-state index in [4.69, 9.17) is 11.6 Å². The molecule has 0 spiro atoms. The van der Waals surface area contributed by atoms with Crippen molar-refractivity contribution in [2.24, 2.45) is 0 Å². The first-order valence-electron chi connectivity index (χ1n) is 7.65. The normalized spacial score (nSPS) is 10.9. The van der Waals surface area contributed by atoms with Gasteiger partial charge in [0.15, 0.2) is 0 Å². The predicted octanol–water partition coefficient (Wildman–Crippen LogP) is 2.90. The molecule has 0 aliphatic carbocycles. The first-order valence-corrected chi connectivity index (χ1v) is 8.03. The minimum Gasteiger partial charge on any atom is -0.289 e. The van der Waals surface area contributed by atoms with E-state index in [1.165, 1.54) is 29.3 Å². The maximum absolute atomic E-state index is 13.8. The van der Waals surface area contributed by atoms with Crippen LogP contribution in [0.1, 0.15) is 28.5 Å². The number of rotatable bonds is 5. The average Bonchev–Trinajstić information content (AvgIpc) is 3.17. The summed E-state index contributed by atoms with van der Waals surface area (Å²) < 4.78 is 17.0. The molecule has 1 aromatic carbocycles. The molecule has 0 aliphatic rings. The van der Waals surface area contributed by atoms with Crippen LogP contribution < -0.4 is 5.32 Å². The number of nitrogens with zero attached hydrogens (tertiary/aromatic N) is 5. The Morgan fingerprint density at radius 3 is 2.88 bits per heavy atom. The molecule has 3 rings (SSSR count). The summed E-state index contributed by atoms with van der Waals surface area (Å²) in [6.07, 6.45) is 2.91. The monoisotopic (exact) mass is 362 g/mol. The Morgan fingerprint density at radius 2 is 2.20 bits per heavy atom. The van der Waals surface area contributed by atoms with E-state index in [0.717, 1.165) is 5.69 Å². The molecule has 9 heteroatoms. The number of hydrogen-bond acceptors (Lipinski definition) is 4. The van der Waals surface area contributed by atoms with Crippen LogP contribution in [-0.4, -0.2) is 30.5 Å². The number of carbonyl (C=O) groups excluding carboxylic acids is 1. The summed E-state index contributed by atoms with van der Waals surface area (Å²) >= 11 is 6.00. The van der Waals surface area contributed by atoms with Crippen molar-refractivity contribution < 1.29 is 9.18 Å². The van der Waals surface area contributed by atoms with Crippen molar-refractivity contribution in [3.05, 3.63) is 58.4 Å². The highest BCUT2D eigenvalue weighted by atomic mass is 35.5. The van der Waals surface area contributed by atoms with E-state index < -0.39 is 5.82 Å². The Kier molecular flexibility index (Phi) is 4.80. The smallest absolute Gasteiger partial charge is 0.261 e. The second-order valence-electron chi connectivity index (χ2n) is 5.38. The summed E-state index contributed by atoms with van der Waals surface area (Å²) in [5, 5.41) is 11.2. The first-order chi connectivity index (χ1) is 12.0. The lowest BCUT2D eigenvalue weighted by Gasteiger charge is -2.05. The van der Waals surface area contributed by atoms with Crippen molar-refractivity contribution in [1.29, 1.82) is 0 Å². The molecule has 0 fully saturated rings. The highest BCUT2D eigenvalue weighted by molar-refractivity contribution is 6.31. The molecule has 0 saturated carbocycles. The van der Waals surface area contributed by atoms with E-state index in [1.54, 1.807) is 10.7 Å². The fourth-order valence-corrected chi connectivity index (χ4v) is 2.65. The Hall–Kier alpha value is -2.74. The van der Waals surface area contributed by atoms with Crippen LogP contribution in [0.4, 0.5) is 10.3 Å². The maximum atomic E-state index is 13.8. The highest BCUT2D eigenvalue weighted by Crippen LogP contribution is 2.20. The van der Waals surface area contributed by atoms with Gasteiger partial charge < -0.3 is 0 Å². The molecule has 0 saturated heterocycles. The summed E-state index contributed by atoms with van der Waals surface area (Å²) in [4.78, 5) is 16.3. The van der Waals surface area contributed by atoms with Gasteiger partial charge in [0.05, 0.1) is 18.3 Å². The topological polar surface area (TPSA) is 77.6 Å². The standard InChI is InChI=1S/C16H16ClFN6O/c1-3-24-10(2)11(7-20-24)15(25)21-16-19-9-23(22-16)8-12-13(17)5-4-6-14(12)18/h4-7,9H,3,8H2,1-2H3,(H,21,22,25). The molecule has 3 aromatic rings. The molecular formula is C16H16ClFN6O. The van der Waals surface area contributed by atoms with E-state index in [2.05, 4.69) is 20.5 Å². The number of halogens is 2. The second-order valence-corrected chi connectivity index (χ2v) is 5.79. The van der Waals surface area contributed by atoms with Crippen molar-refractivity contribution in [2.45, 2.75) is 26.9 Å². The van der Waals surface area contributed by atoms with Crippen molar-refractivity contribution >= 4 is 23.5 Å². The summed E-state index contributed by atoms with van der Waals surface area (Å²) in [6.45, 7) is 4.55. The number of nitrogens with one attached hydrogen (secondary N) is 1. The molecule has 0 atom stereocenters. The van der Waals surface area contributed by atoms with Crippen LogP contribution in [0.25, 0.3) is 0 Å². The van der Waals surface area contributed by atoms with E-state index >= 15 is 0 Å². The van der Waals surface area contributed by atoms with Crippen molar-refractivity contribution in [1.82, 2.24) is 24.5 Å². The Bertz CT molecular complexity index is 899. The largest absolute Gasteiger partial charge is 0.289 e. The van der Waals surface area contributed by atoms with Gasteiger partial charge >= 0.3 is 0 Å². The number of aromatic nitrogens is 5. The minimum absolute atomic E-state index is 0.112. The van der Waals surface area contributed by atoms with Crippen LogP contribution in [0.3, 0.4) is 0 Å². The molecule has 25 heavy (non-hydrogen) atoms. The van der Waals surface area contributed by atoms with Gasteiger partial charge in [0, 0.05) is 22.8 Å². The predicted molar refractivity (Wildman–Crippen MR) is 91.1 cm³/mol. The van der Waals surface area contributed by atoms with E-state index in [0.29, 0.717) is 22.7 Å². The Labute approximate surface area is 148 Å². The van der Waals surface area contributed by atoms with E-state index in [9.17, 15) is 9.18 Å². The van der Waals surface area contributed by atoms with Crippen LogP contribution in [0, 0.1) is 12.7 Å². The summed E-state index contributed by atoms with van der Waals surface area (Å²) in [5.74, 6) is -0.642. The van der Waals surface area contributed by atoms with Gasteiger partial charge in [0.2, 0.25) is 5.95 Å². The van der Waals surface area contributed by atoms with Crippen LogP contribution in [0.2, 0.25) is 5.02 Å². The quantitative estimate of drug-likeness (QED) is 0.757. The summed E-state index contributed by atoms with van der Waals surface area (Å²) in [6, 6.07) is 4.47. The Balaban J connectivity index is 1.73. The third kappa shape index (κ3) is 3.53. The summed E-state index contributed by atoms with van der Waals surface area (Å²) in [7, 11) is 0. The lowest BCUT2D eigenvalue weighted by atomic mass is 10.2. The molecule has 2 aromatic heterocycles. The van der Waals surface area contributed by atoms with Crippen molar-refractivity contribution in [3.63, 3.8) is 0 Å². The molecule has 7 nitrogen and oxygen atoms in total. The average molecular weight is 363 g/mol. The summed E-state index contributed by atoms with van der Waals surface area (Å²) in [5.41, 5.74) is 1.53. The minimum atomic E-state index is -0.420. The lowest BCUT2D eigenvalue weighted by Crippen LogP contribution is -2.14.